The van der Waals surface area contributed by atoms with Gasteiger partial charge < -0.3 is 5.32 Å². The minimum atomic E-state index is -0.0200. The van der Waals surface area contributed by atoms with E-state index in [1.807, 2.05) is 42.7 Å². The van der Waals surface area contributed by atoms with Crippen LogP contribution in [0.15, 0.2) is 47.9 Å². The first kappa shape index (κ1) is 19.1. The standard InChI is InChI=1S/C20H23N5OS/c1-13(2)22-18(26)12-27-20-24-23-19(16-8-6-10-21-11-16)25(20)17-9-5-7-14(3)15(17)4/h5-11,13H,12H2,1-4H3,(H,22,26). The largest absolute Gasteiger partial charge is 0.353 e. The van der Waals surface area contributed by atoms with Crippen molar-refractivity contribution in [1.82, 2.24) is 25.1 Å². The van der Waals surface area contributed by atoms with Crippen LogP contribution in [0.5, 0.6) is 0 Å². The van der Waals surface area contributed by atoms with Gasteiger partial charge in [-0.15, -0.1) is 10.2 Å². The minimum Gasteiger partial charge on any atom is -0.353 e. The van der Waals surface area contributed by atoms with Gasteiger partial charge in [-0.25, -0.2) is 0 Å². The molecule has 2 aromatic heterocycles. The van der Waals surface area contributed by atoms with Crippen LogP contribution in [0.1, 0.15) is 25.0 Å². The number of nitrogens with one attached hydrogen (secondary N) is 1. The van der Waals surface area contributed by atoms with E-state index in [1.165, 1.54) is 17.3 Å². The highest BCUT2D eigenvalue weighted by molar-refractivity contribution is 7.99. The van der Waals surface area contributed by atoms with E-state index in [4.69, 9.17) is 0 Å². The summed E-state index contributed by atoms with van der Waals surface area (Å²) in [5, 5.41) is 12.3. The van der Waals surface area contributed by atoms with Crippen LogP contribution in [0.25, 0.3) is 17.1 Å². The number of nitrogens with zero attached hydrogens (tertiary/aromatic N) is 4. The molecule has 0 aliphatic heterocycles. The molecule has 0 atom stereocenters. The van der Waals surface area contributed by atoms with Crippen LogP contribution in [0.4, 0.5) is 0 Å². The van der Waals surface area contributed by atoms with E-state index in [0.717, 1.165) is 16.8 Å². The number of hydrogen-bond donors (Lipinski definition) is 1. The third kappa shape index (κ3) is 4.36. The van der Waals surface area contributed by atoms with Crippen molar-refractivity contribution in [2.75, 3.05) is 5.75 Å². The van der Waals surface area contributed by atoms with E-state index in [-0.39, 0.29) is 17.7 Å². The van der Waals surface area contributed by atoms with Crippen molar-refractivity contribution in [3.05, 3.63) is 53.9 Å². The number of benzene rings is 1. The number of thioether (sulfide) groups is 1. The SMILES string of the molecule is Cc1cccc(-n2c(SCC(=O)NC(C)C)nnc2-c2cccnc2)c1C. The van der Waals surface area contributed by atoms with Crippen molar-refractivity contribution in [3.63, 3.8) is 0 Å². The average Bonchev–Trinajstić information content (AvgIpc) is 3.06. The van der Waals surface area contributed by atoms with Crippen LogP contribution in [-0.2, 0) is 4.79 Å². The van der Waals surface area contributed by atoms with Gasteiger partial charge in [0.15, 0.2) is 11.0 Å². The zero-order valence-electron chi connectivity index (χ0n) is 15.9. The predicted octanol–water partition coefficient (Wildman–Crippen LogP) is 3.56. The maximum absolute atomic E-state index is 12.1. The summed E-state index contributed by atoms with van der Waals surface area (Å²) in [6.07, 6.45) is 3.50. The van der Waals surface area contributed by atoms with Crippen molar-refractivity contribution in [3.8, 4) is 17.1 Å². The van der Waals surface area contributed by atoms with Crippen LogP contribution in [0.2, 0.25) is 0 Å². The Bertz CT molecular complexity index is 937. The Labute approximate surface area is 163 Å². The second-order valence-corrected chi connectivity index (χ2v) is 7.56. The molecule has 0 saturated carbocycles. The number of carbonyl (C=O) groups excluding carboxylic acids is 1. The Morgan fingerprint density at radius 2 is 2.00 bits per heavy atom. The zero-order valence-corrected chi connectivity index (χ0v) is 16.7. The van der Waals surface area contributed by atoms with Gasteiger partial charge in [0.25, 0.3) is 0 Å². The van der Waals surface area contributed by atoms with Gasteiger partial charge in [-0.2, -0.15) is 0 Å². The summed E-state index contributed by atoms with van der Waals surface area (Å²) in [7, 11) is 0. The highest BCUT2D eigenvalue weighted by atomic mass is 32.2. The molecule has 140 valence electrons. The Morgan fingerprint density at radius 3 is 2.70 bits per heavy atom. The second-order valence-electron chi connectivity index (χ2n) is 6.61. The summed E-state index contributed by atoms with van der Waals surface area (Å²) in [5.74, 6) is 0.978. The lowest BCUT2D eigenvalue weighted by Gasteiger charge is -2.14. The molecule has 0 radical (unpaired) electrons. The molecule has 0 aliphatic carbocycles. The molecular weight excluding hydrogens is 358 g/mol. The average molecular weight is 382 g/mol. The number of rotatable bonds is 6. The number of amides is 1. The van der Waals surface area contributed by atoms with Gasteiger partial charge >= 0.3 is 0 Å². The number of aryl methyl sites for hydroxylation is 1. The number of hydrogen-bond acceptors (Lipinski definition) is 5. The van der Waals surface area contributed by atoms with Gasteiger partial charge in [0.05, 0.1) is 11.4 Å². The number of pyridine rings is 1. The maximum Gasteiger partial charge on any atom is 0.230 e. The van der Waals surface area contributed by atoms with Crippen LogP contribution < -0.4 is 5.32 Å². The minimum absolute atomic E-state index is 0.0200. The summed E-state index contributed by atoms with van der Waals surface area (Å²) < 4.78 is 2.01. The molecule has 3 rings (SSSR count). The fraction of sp³-hybridized carbons (Fsp3) is 0.300. The summed E-state index contributed by atoms with van der Waals surface area (Å²) in [4.78, 5) is 16.3. The quantitative estimate of drug-likeness (QED) is 0.661. The van der Waals surface area contributed by atoms with Gasteiger partial charge in [-0.05, 0) is 57.0 Å². The molecule has 0 spiro atoms. The molecule has 0 fully saturated rings. The van der Waals surface area contributed by atoms with Crippen LogP contribution in [0.3, 0.4) is 0 Å². The van der Waals surface area contributed by atoms with Crippen molar-refractivity contribution in [2.45, 2.75) is 38.9 Å². The molecule has 6 nitrogen and oxygen atoms in total. The molecule has 27 heavy (non-hydrogen) atoms. The normalized spacial score (nSPS) is 11.0. The van der Waals surface area contributed by atoms with E-state index < -0.39 is 0 Å². The van der Waals surface area contributed by atoms with Gasteiger partial charge in [0.2, 0.25) is 5.91 Å². The van der Waals surface area contributed by atoms with Crippen LogP contribution >= 0.6 is 11.8 Å². The molecule has 2 heterocycles. The maximum atomic E-state index is 12.1. The molecule has 1 amide bonds. The Hall–Kier alpha value is -2.67. The number of carbonyl (C=O) groups is 1. The highest BCUT2D eigenvalue weighted by Gasteiger charge is 2.19. The molecule has 0 unspecified atom stereocenters. The molecule has 7 heteroatoms. The molecular formula is C20H23N5OS. The molecule has 0 aliphatic rings. The first-order valence-electron chi connectivity index (χ1n) is 8.82. The summed E-state index contributed by atoms with van der Waals surface area (Å²) in [5.41, 5.74) is 4.22. The van der Waals surface area contributed by atoms with E-state index in [0.29, 0.717) is 11.0 Å². The van der Waals surface area contributed by atoms with Gasteiger partial charge in [0, 0.05) is 24.0 Å². The summed E-state index contributed by atoms with van der Waals surface area (Å²) >= 11 is 1.38. The molecule has 0 saturated heterocycles. The predicted molar refractivity (Wildman–Crippen MR) is 108 cm³/mol. The van der Waals surface area contributed by atoms with Crippen molar-refractivity contribution in [1.29, 1.82) is 0 Å². The second kappa shape index (κ2) is 8.35. The Morgan fingerprint density at radius 1 is 1.19 bits per heavy atom. The first-order chi connectivity index (χ1) is 13.0. The van der Waals surface area contributed by atoms with Gasteiger partial charge in [-0.3, -0.25) is 14.3 Å². The van der Waals surface area contributed by atoms with Crippen molar-refractivity contribution < 1.29 is 4.79 Å². The highest BCUT2D eigenvalue weighted by Crippen LogP contribution is 2.30. The van der Waals surface area contributed by atoms with E-state index in [9.17, 15) is 4.79 Å². The van der Waals surface area contributed by atoms with Crippen LogP contribution in [-0.4, -0.2) is 37.5 Å². The van der Waals surface area contributed by atoms with E-state index >= 15 is 0 Å². The molecule has 3 aromatic rings. The van der Waals surface area contributed by atoms with Gasteiger partial charge in [0.1, 0.15) is 0 Å². The van der Waals surface area contributed by atoms with Crippen molar-refractivity contribution in [2.24, 2.45) is 0 Å². The van der Waals surface area contributed by atoms with E-state index in [2.05, 4.69) is 40.4 Å². The van der Waals surface area contributed by atoms with Crippen molar-refractivity contribution >= 4 is 17.7 Å². The van der Waals surface area contributed by atoms with E-state index in [1.54, 1.807) is 12.4 Å². The molecule has 1 N–H and O–H groups in total. The van der Waals surface area contributed by atoms with Crippen LogP contribution in [0, 0.1) is 13.8 Å². The lowest BCUT2D eigenvalue weighted by atomic mass is 10.1. The smallest absolute Gasteiger partial charge is 0.230 e. The summed E-state index contributed by atoms with van der Waals surface area (Å²) in [6.45, 7) is 8.05. The lowest BCUT2D eigenvalue weighted by molar-refractivity contribution is -0.119. The lowest BCUT2D eigenvalue weighted by Crippen LogP contribution is -2.31. The molecule has 1 aromatic carbocycles. The molecule has 0 bridgehead atoms. The topological polar surface area (TPSA) is 72.7 Å². The third-order valence-electron chi connectivity index (χ3n) is 4.15. The monoisotopic (exact) mass is 381 g/mol. The fourth-order valence-electron chi connectivity index (χ4n) is 2.73. The first-order valence-corrected chi connectivity index (χ1v) is 9.80. The number of aromatic nitrogens is 4. The zero-order chi connectivity index (χ0) is 19.4. The van der Waals surface area contributed by atoms with Gasteiger partial charge in [-0.1, -0.05) is 23.9 Å². The fourth-order valence-corrected chi connectivity index (χ4v) is 3.49. The Kier molecular flexibility index (Phi) is 5.91. The Balaban J connectivity index is 2.03. The third-order valence-corrected chi connectivity index (χ3v) is 5.08. The summed E-state index contributed by atoms with van der Waals surface area (Å²) in [6, 6.07) is 10.1.